The van der Waals surface area contributed by atoms with Gasteiger partial charge in [-0.05, 0) is 84.3 Å². The number of likely N-dealkylation sites (tertiary alicyclic amines) is 2. The summed E-state index contributed by atoms with van der Waals surface area (Å²) in [6.45, 7) is 1.16. The van der Waals surface area contributed by atoms with Gasteiger partial charge in [-0.3, -0.25) is 24.4 Å². The van der Waals surface area contributed by atoms with Crippen LogP contribution in [-0.2, 0) is 27.2 Å². The zero-order valence-electron chi connectivity index (χ0n) is 26.5. The second-order valence-corrected chi connectivity index (χ2v) is 12.0. The van der Waals surface area contributed by atoms with E-state index in [1.54, 1.807) is 65.2 Å². The fraction of sp³-hybridized carbons (Fsp3) is 0.306. The van der Waals surface area contributed by atoms with Crippen LogP contribution in [0.15, 0.2) is 85.7 Å². The number of carbonyl (C=O) groups excluding carboxylic acids is 3. The zero-order valence-corrected chi connectivity index (χ0v) is 26.5. The summed E-state index contributed by atoms with van der Waals surface area (Å²) in [6, 6.07) is 13.7. The number of aromatic nitrogens is 4. The van der Waals surface area contributed by atoms with Gasteiger partial charge in [0.2, 0.25) is 17.7 Å². The number of pyridine rings is 4. The number of amides is 3. The van der Waals surface area contributed by atoms with Gasteiger partial charge in [0.15, 0.2) is 0 Å². The molecule has 246 valence electrons. The van der Waals surface area contributed by atoms with Crippen molar-refractivity contribution in [1.82, 2.24) is 29.7 Å². The van der Waals surface area contributed by atoms with Crippen molar-refractivity contribution < 1.29 is 19.5 Å². The van der Waals surface area contributed by atoms with Crippen LogP contribution < -0.4 is 10.6 Å². The normalized spacial score (nSPS) is 18.2. The van der Waals surface area contributed by atoms with Gasteiger partial charge < -0.3 is 25.5 Å². The first-order chi connectivity index (χ1) is 23.4. The Balaban J connectivity index is 0.983. The highest BCUT2D eigenvalue weighted by Gasteiger charge is 2.35. The summed E-state index contributed by atoms with van der Waals surface area (Å²) in [5.41, 5.74) is 3.34. The van der Waals surface area contributed by atoms with Crippen LogP contribution >= 0.6 is 0 Å². The second-order valence-electron chi connectivity index (χ2n) is 12.0. The Morgan fingerprint density at radius 3 is 1.94 bits per heavy atom. The van der Waals surface area contributed by atoms with E-state index < -0.39 is 12.3 Å². The summed E-state index contributed by atoms with van der Waals surface area (Å²) >= 11 is 0. The number of nitrogens with zero attached hydrogens (tertiary/aromatic N) is 6. The number of nitrogens with one attached hydrogen (secondary N) is 2. The van der Waals surface area contributed by atoms with E-state index in [1.165, 1.54) is 0 Å². The van der Waals surface area contributed by atoms with E-state index in [4.69, 9.17) is 0 Å². The predicted octanol–water partition coefficient (Wildman–Crippen LogP) is 3.57. The summed E-state index contributed by atoms with van der Waals surface area (Å²) in [7, 11) is 0. The van der Waals surface area contributed by atoms with Crippen molar-refractivity contribution >= 4 is 41.5 Å². The van der Waals surface area contributed by atoms with Gasteiger partial charge in [0.05, 0.1) is 18.9 Å². The molecule has 3 N–H and O–H groups in total. The molecule has 4 aromatic rings. The van der Waals surface area contributed by atoms with E-state index in [-0.39, 0.29) is 36.6 Å². The molecular formula is C36H38N8O4. The average molecular weight is 647 g/mol. The molecule has 2 fully saturated rings. The van der Waals surface area contributed by atoms with Crippen molar-refractivity contribution in [3.05, 3.63) is 108 Å². The van der Waals surface area contributed by atoms with Gasteiger partial charge >= 0.3 is 0 Å². The van der Waals surface area contributed by atoms with Crippen molar-refractivity contribution in [3.8, 4) is 0 Å². The van der Waals surface area contributed by atoms with Crippen molar-refractivity contribution in [1.29, 1.82) is 0 Å². The van der Waals surface area contributed by atoms with Crippen LogP contribution in [0.2, 0.25) is 0 Å². The van der Waals surface area contributed by atoms with Crippen molar-refractivity contribution in [2.45, 2.75) is 56.8 Å². The number of carbonyl (C=O) groups is 3. The molecule has 0 radical (unpaired) electrons. The molecule has 12 nitrogen and oxygen atoms in total. The Morgan fingerprint density at radius 2 is 1.35 bits per heavy atom. The molecule has 12 heteroatoms. The Labute approximate surface area is 279 Å². The van der Waals surface area contributed by atoms with Gasteiger partial charge in [-0.1, -0.05) is 24.3 Å². The largest absolute Gasteiger partial charge is 0.372 e. The molecule has 6 heterocycles. The Bertz CT molecular complexity index is 1720. The lowest BCUT2D eigenvalue weighted by atomic mass is 10.1. The Morgan fingerprint density at radius 1 is 0.771 bits per heavy atom. The van der Waals surface area contributed by atoms with Gasteiger partial charge in [-0.25, -0.2) is 9.97 Å². The molecule has 0 spiro atoms. The highest BCUT2D eigenvalue weighted by molar-refractivity contribution is 5.97. The monoisotopic (exact) mass is 646 g/mol. The number of anilines is 2. The summed E-state index contributed by atoms with van der Waals surface area (Å²) < 4.78 is 0. The molecule has 2 aliphatic rings. The highest BCUT2D eigenvalue weighted by Crippen LogP contribution is 2.23. The van der Waals surface area contributed by atoms with Crippen LogP contribution in [0.4, 0.5) is 11.6 Å². The quantitative estimate of drug-likeness (QED) is 0.208. The molecule has 3 atom stereocenters. The van der Waals surface area contributed by atoms with Crippen LogP contribution in [0.3, 0.4) is 0 Å². The van der Waals surface area contributed by atoms with Gasteiger partial charge in [0.25, 0.3) is 0 Å². The van der Waals surface area contributed by atoms with E-state index in [9.17, 15) is 19.5 Å². The van der Waals surface area contributed by atoms with Crippen molar-refractivity contribution in [2.75, 3.05) is 23.7 Å². The molecule has 3 amide bonds. The van der Waals surface area contributed by atoms with E-state index in [1.807, 2.05) is 42.5 Å². The van der Waals surface area contributed by atoms with Gasteiger partial charge in [-0.15, -0.1) is 0 Å². The first kappa shape index (κ1) is 32.5. The molecule has 0 aliphatic carbocycles. The maximum absolute atomic E-state index is 13.0. The molecule has 2 aliphatic heterocycles. The molecule has 0 bridgehead atoms. The number of hydrogen-bond acceptors (Lipinski definition) is 9. The number of rotatable bonds is 11. The number of aliphatic hydroxyl groups is 1. The summed E-state index contributed by atoms with van der Waals surface area (Å²) in [6.07, 6.45) is 16.2. The minimum Gasteiger partial charge on any atom is -0.372 e. The number of aliphatic hydroxyl groups excluding tert-OH is 1. The molecule has 2 saturated heterocycles. The van der Waals surface area contributed by atoms with Crippen LogP contribution in [0, 0.1) is 0 Å². The predicted molar refractivity (Wildman–Crippen MR) is 181 cm³/mol. The second kappa shape index (κ2) is 15.4. The third kappa shape index (κ3) is 8.26. The fourth-order valence-electron chi connectivity index (χ4n) is 6.14. The fourth-order valence-corrected chi connectivity index (χ4v) is 6.14. The highest BCUT2D eigenvalue weighted by atomic mass is 16.3. The molecular weight excluding hydrogens is 608 g/mol. The van der Waals surface area contributed by atoms with E-state index in [0.29, 0.717) is 37.6 Å². The maximum atomic E-state index is 13.0. The van der Waals surface area contributed by atoms with Crippen LogP contribution in [0.25, 0.3) is 12.2 Å². The van der Waals surface area contributed by atoms with Crippen LogP contribution in [0.1, 0.15) is 47.9 Å². The van der Waals surface area contributed by atoms with Crippen molar-refractivity contribution in [3.63, 3.8) is 0 Å². The molecule has 48 heavy (non-hydrogen) atoms. The van der Waals surface area contributed by atoms with E-state index in [2.05, 4.69) is 30.6 Å². The lowest BCUT2D eigenvalue weighted by molar-refractivity contribution is -0.136. The molecule has 0 saturated carbocycles. The lowest BCUT2D eigenvalue weighted by Crippen LogP contribution is -2.46. The average Bonchev–Trinajstić information content (AvgIpc) is 3.81. The van der Waals surface area contributed by atoms with Crippen LogP contribution in [-0.4, -0.2) is 84.0 Å². The molecule has 1 unspecified atom stereocenters. The third-order valence-corrected chi connectivity index (χ3v) is 8.60. The van der Waals surface area contributed by atoms with Gasteiger partial charge in [0.1, 0.15) is 23.9 Å². The summed E-state index contributed by atoms with van der Waals surface area (Å²) in [5.74, 6) is 0.554. The number of hydrogen-bond donors (Lipinski definition) is 3. The zero-order chi connectivity index (χ0) is 33.3. The lowest BCUT2D eigenvalue weighted by Gasteiger charge is -2.29. The van der Waals surface area contributed by atoms with Crippen molar-refractivity contribution in [2.24, 2.45) is 0 Å². The van der Waals surface area contributed by atoms with E-state index >= 15 is 0 Å². The van der Waals surface area contributed by atoms with Crippen LogP contribution in [0.5, 0.6) is 0 Å². The Kier molecular flexibility index (Phi) is 10.4. The standard InChI is InChI=1S/C36H38N8O4/c45-33(19-27-5-1-15-37-21-27)43-17-3-7-29(43)35(47)41-31-13-11-25(23-39-31)9-10-26-12-14-32(40-24-26)42-36(48)30-8-4-18-44(30)34(46)20-28-6-2-16-38-22-28/h1-2,5-6,9-16,21-24,29-30,35,47H,3-4,7-8,17-20H2,(H,39,41)(H,40,42,48)/b10-9+/t29-,30-,35?/m0/s1. The Hall–Kier alpha value is -5.49. The first-order valence-corrected chi connectivity index (χ1v) is 16.2. The van der Waals surface area contributed by atoms with E-state index in [0.717, 1.165) is 35.1 Å². The molecule has 6 rings (SSSR count). The first-order valence-electron chi connectivity index (χ1n) is 16.2. The SMILES string of the molecule is O=C(Nc1ccc(/C=C/c2ccc(NC(O)[C@@H]3CCCN3C(=O)Cc3cccnc3)nc2)cn1)[C@@H]1CCCN1C(=O)Cc1cccnc1. The molecule has 0 aromatic carbocycles. The summed E-state index contributed by atoms with van der Waals surface area (Å²) in [5, 5.41) is 16.8. The third-order valence-electron chi connectivity index (χ3n) is 8.60. The smallest absolute Gasteiger partial charge is 0.248 e. The maximum Gasteiger partial charge on any atom is 0.248 e. The topological polar surface area (TPSA) is 154 Å². The minimum atomic E-state index is -0.951. The molecule has 4 aromatic heterocycles. The van der Waals surface area contributed by atoms with Gasteiger partial charge in [-0.2, -0.15) is 0 Å². The summed E-state index contributed by atoms with van der Waals surface area (Å²) in [4.78, 5) is 59.2. The van der Waals surface area contributed by atoms with Gasteiger partial charge in [0, 0.05) is 50.3 Å². The minimum absolute atomic E-state index is 0.0331.